The van der Waals surface area contributed by atoms with Crippen molar-refractivity contribution in [2.24, 2.45) is 0 Å². The quantitative estimate of drug-likeness (QED) is 0.172. The zero-order valence-electron chi connectivity index (χ0n) is 23.9. The van der Waals surface area contributed by atoms with Gasteiger partial charge in [0.15, 0.2) is 0 Å². The summed E-state index contributed by atoms with van der Waals surface area (Å²) >= 11 is 0. The van der Waals surface area contributed by atoms with Gasteiger partial charge >= 0.3 is 13.3 Å². The fourth-order valence-electron chi connectivity index (χ4n) is 4.04. The van der Waals surface area contributed by atoms with Crippen LogP contribution < -0.4 is 11.2 Å². The Bertz CT molecular complexity index is 1210. The molecule has 1 aliphatic heterocycles. The smallest absolute Gasteiger partial charge is 0.330 e. The van der Waals surface area contributed by atoms with Gasteiger partial charge in [-0.1, -0.05) is 11.8 Å². The predicted octanol–water partition coefficient (Wildman–Crippen LogP) is 3.10. The van der Waals surface area contributed by atoms with Gasteiger partial charge in [-0.25, -0.2) is 9.46 Å². The number of aromatic nitrogens is 2. The summed E-state index contributed by atoms with van der Waals surface area (Å²) in [6.07, 6.45) is 0.389. The number of aliphatic hydroxyl groups excluding tert-OH is 1. The van der Waals surface area contributed by atoms with E-state index in [0.29, 0.717) is 0 Å². The lowest BCUT2D eigenvalue weighted by molar-refractivity contribution is -0.0289. The minimum atomic E-state index is -3.13. The van der Waals surface area contributed by atoms with Gasteiger partial charge in [0.1, 0.15) is 11.8 Å². The molecule has 13 nitrogen and oxygen atoms in total. The summed E-state index contributed by atoms with van der Waals surface area (Å²) in [5, 5.41) is 18.6. The number of rotatable bonds is 15. The minimum Gasteiger partial charge on any atom is -0.396 e. The van der Waals surface area contributed by atoms with E-state index < -0.39 is 45.8 Å². The molecule has 0 aromatic carbocycles. The summed E-state index contributed by atoms with van der Waals surface area (Å²) in [5.74, 6) is 5.49. The highest BCUT2D eigenvalue weighted by Crippen LogP contribution is 2.50. The Labute approximate surface area is 236 Å². The van der Waals surface area contributed by atoms with Crippen molar-refractivity contribution >= 4 is 16.1 Å². The van der Waals surface area contributed by atoms with Crippen LogP contribution in [0.2, 0.25) is 0 Å². The summed E-state index contributed by atoms with van der Waals surface area (Å²) in [4.78, 5) is 27.4. The summed E-state index contributed by atoms with van der Waals surface area (Å²) in [5.41, 5.74) is -1.27. The molecule has 1 aliphatic rings. The second kappa shape index (κ2) is 16.5. The molecule has 0 spiro atoms. The van der Waals surface area contributed by atoms with Gasteiger partial charge in [0.2, 0.25) is 0 Å². The second-order valence-corrected chi connectivity index (χ2v) is 13.2. The van der Waals surface area contributed by atoms with Crippen molar-refractivity contribution in [3.8, 4) is 17.9 Å². The van der Waals surface area contributed by atoms with Gasteiger partial charge in [-0.05, 0) is 34.1 Å². The number of H-pyrrole nitrogens is 1. The third-order valence-corrected chi connectivity index (χ3v) is 9.34. The number of hydrogen-bond acceptors (Lipinski definition) is 11. The van der Waals surface area contributed by atoms with E-state index in [0.717, 1.165) is 0 Å². The second-order valence-electron chi connectivity index (χ2n) is 9.62. The van der Waals surface area contributed by atoms with Crippen molar-refractivity contribution < 1.29 is 32.5 Å². The van der Waals surface area contributed by atoms with Gasteiger partial charge in [-0.2, -0.15) is 5.26 Å². The van der Waals surface area contributed by atoms with Gasteiger partial charge < -0.3 is 27.9 Å². The van der Waals surface area contributed by atoms with Crippen LogP contribution in [-0.2, 0) is 27.4 Å². The lowest BCUT2D eigenvalue weighted by Gasteiger charge is -2.37. The van der Waals surface area contributed by atoms with Crippen LogP contribution in [0.15, 0.2) is 15.8 Å². The molecule has 2 rings (SSSR count). The number of aromatic amines is 1. The standard InChI is InChI=1S/C25H40N4O9P2/c1-18(2)29(19(3)4)39(35-14-9-12-26)38-22-16-23(37-21(22)11-13-30)28-17-20(24(31)27-25(28)32)10-7-8-15-36-40(6,33)34-5/h17-19,21-23,30H,8-9,11,13-16H2,1-6H3,(H,27,31,32). The average molecular weight is 603 g/mol. The molecule has 0 saturated carbocycles. The molecule has 0 radical (unpaired) electrons. The molecule has 2 heterocycles. The molecule has 0 aliphatic carbocycles. The van der Waals surface area contributed by atoms with Crippen molar-refractivity contribution in [1.29, 1.82) is 5.26 Å². The van der Waals surface area contributed by atoms with Crippen molar-refractivity contribution in [2.75, 3.05) is 33.6 Å². The molecule has 1 aromatic heterocycles. The molecule has 5 unspecified atom stereocenters. The molecule has 1 saturated heterocycles. The molecule has 15 heteroatoms. The van der Waals surface area contributed by atoms with Gasteiger partial charge in [0.25, 0.3) is 14.1 Å². The molecule has 1 fully saturated rings. The molecule has 40 heavy (non-hydrogen) atoms. The largest absolute Gasteiger partial charge is 0.396 e. The van der Waals surface area contributed by atoms with Crippen molar-refractivity contribution in [3.63, 3.8) is 0 Å². The van der Waals surface area contributed by atoms with E-state index in [2.05, 4.69) is 27.6 Å². The number of nitriles is 1. The van der Waals surface area contributed by atoms with E-state index in [9.17, 15) is 19.3 Å². The first kappa shape index (κ1) is 34.3. The summed E-state index contributed by atoms with van der Waals surface area (Å²) in [6, 6.07) is 2.25. The third kappa shape index (κ3) is 10.2. The van der Waals surface area contributed by atoms with E-state index in [4.69, 9.17) is 28.1 Å². The van der Waals surface area contributed by atoms with Crippen LogP contribution in [0.1, 0.15) is 65.2 Å². The van der Waals surface area contributed by atoms with Crippen LogP contribution in [0.3, 0.4) is 0 Å². The third-order valence-electron chi connectivity index (χ3n) is 5.87. The highest BCUT2D eigenvalue weighted by Gasteiger charge is 2.41. The number of aliphatic hydroxyl groups is 1. The maximum absolute atomic E-state index is 12.7. The fraction of sp³-hybridized carbons (Fsp3) is 0.720. The Hall–Kier alpha value is -1.89. The van der Waals surface area contributed by atoms with E-state index in [1.165, 1.54) is 24.5 Å². The topological polar surface area (TPSA) is 165 Å². The highest BCUT2D eigenvalue weighted by atomic mass is 31.2. The van der Waals surface area contributed by atoms with Crippen molar-refractivity contribution in [2.45, 2.75) is 83.9 Å². The van der Waals surface area contributed by atoms with Gasteiger partial charge in [-0.15, -0.1) is 0 Å². The SMILES string of the molecule is COP(C)(=O)OCCC#Cc1cn(C2CC(OP(OCCC#N)N(C(C)C)C(C)C)C(CCO)O2)c(=O)[nH]c1=O. The van der Waals surface area contributed by atoms with Gasteiger partial charge in [0.05, 0.1) is 37.9 Å². The summed E-state index contributed by atoms with van der Waals surface area (Å²) in [6.45, 7) is 9.54. The monoisotopic (exact) mass is 602 g/mol. The Morgan fingerprint density at radius 1 is 1.27 bits per heavy atom. The lowest BCUT2D eigenvalue weighted by Crippen LogP contribution is -2.36. The minimum absolute atomic E-state index is 0.0446. The van der Waals surface area contributed by atoms with Crippen LogP contribution in [0, 0.1) is 23.2 Å². The Morgan fingerprint density at radius 2 is 1.98 bits per heavy atom. The molecule has 2 N–H and O–H groups in total. The number of nitrogens with zero attached hydrogens (tertiary/aromatic N) is 3. The van der Waals surface area contributed by atoms with Gasteiger partial charge in [-0.3, -0.25) is 18.9 Å². The normalized spacial score (nSPS) is 21.3. The van der Waals surface area contributed by atoms with Gasteiger partial charge in [0, 0.05) is 51.5 Å². The van der Waals surface area contributed by atoms with Crippen LogP contribution in [-0.4, -0.2) is 77.2 Å². The molecular formula is C25H40N4O9P2. The van der Waals surface area contributed by atoms with Crippen LogP contribution in [0.5, 0.6) is 0 Å². The maximum atomic E-state index is 12.7. The van der Waals surface area contributed by atoms with E-state index >= 15 is 0 Å². The average Bonchev–Trinajstić information content (AvgIpc) is 3.26. The number of ether oxygens (including phenoxy) is 1. The fourth-order valence-corrected chi connectivity index (χ4v) is 6.32. The predicted molar refractivity (Wildman–Crippen MR) is 150 cm³/mol. The number of hydrogen-bond donors (Lipinski definition) is 2. The zero-order valence-corrected chi connectivity index (χ0v) is 25.7. The zero-order chi connectivity index (χ0) is 29.9. The summed E-state index contributed by atoms with van der Waals surface area (Å²) in [7, 11) is -3.42. The molecule has 5 atom stereocenters. The van der Waals surface area contributed by atoms with E-state index in [1.54, 1.807) is 0 Å². The molecule has 0 bridgehead atoms. The first-order valence-electron chi connectivity index (χ1n) is 13.1. The van der Waals surface area contributed by atoms with E-state index in [1.807, 2.05) is 27.7 Å². The maximum Gasteiger partial charge on any atom is 0.330 e. The van der Waals surface area contributed by atoms with Crippen molar-refractivity contribution in [1.82, 2.24) is 14.2 Å². The molecule has 1 aromatic rings. The summed E-state index contributed by atoms with van der Waals surface area (Å²) < 4.78 is 43.6. The molecular weight excluding hydrogens is 562 g/mol. The highest BCUT2D eigenvalue weighted by molar-refractivity contribution is 7.52. The van der Waals surface area contributed by atoms with Crippen LogP contribution in [0.25, 0.3) is 0 Å². The molecule has 0 amide bonds. The molecule has 224 valence electrons. The lowest BCUT2D eigenvalue weighted by atomic mass is 10.1. The Morgan fingerprint density at radius 3 is 2.58 bits per heavy atom. The van der Waals surface area contributed by atoms with Crippen LogP contribution >= 0.6 is 16.1 Å². The van der Waals surface area contributed by atoms with Crippen LogP contribution in [0.4, 0.5) is 0 Å². The first-order chi connectivity index (χ1) is 18.9. The number of nitrogens with one attached hydrogen (secondary N) is 1. The Balaban J connectivity index is 2.27. The van der Waals surface area contributed by atoms with E-state index in [-0.39, 0.29) is 63.2 Å². The van der Waals surface area contributed by atoms with Crippen molar-refractivity contribution in [3.05, 3.63) is 32.6 Å². The Kier molecular flexibility index (Phi) is 14.2. The first-order valence-corrected chi connectivity index (χ1v) is 16.2.